The predicted octanol–water partition coefficient (Wildman–Crippen LogP) is 3.41. The molecule has 0 saturated carbocycles. The molecule has 2 rings (SSSR count). The Balaban J connectivity index is 2.21. The first-order chi connectivity index (χ1) is 12.5. The summed E-state index contributed by atoms with van der Waals surface area (Å²) in [5, 5.41) is 12.9. The SMILES string of the molecule is Cc1nn(CC(F)(F)F)c(C)c1C(C)C(=O)N1CCCCC1CCC(=O)O. The number of carbonyl (C=O) groups is 2. The number of carboxylic acid groups (broad SMARTS) is 1. The molecule has 1 aromatic rings. The lowest BCUT2D eigenvalue weighted by molar-refractivity contribution is -0.143. The second kappa shape index (κ2) is 8.31. The van der Waals surface area contributed by atoms with E-state index in [1.165, 1.54) is 0 Å². The number of aryl methyl sites for hydroxylation is 1. The molecular weight excluding hydrogens is 363 g/mol. The van der Waals surface area contributed by atoms with Crippen LogP contribution in [0.4, 0.5) is 13.2 Å². The molecule has 1 N–H and O–H groups in total. The van der Waals surface area contributed by atoms with Crippen molar-refractivity contribution in [3.63, 3.8) is 0 Å². The van der Waals surface area contributed by atoms with E-state index in [0.717, 1.165) is 23.9 Å². The fourth-order valence-electron chi connectivity index (χ4n) is 3.91. The average molecular weight is 389 g/mol. The molecule has 6 nitrogen and oxygen atoms in total. The molecule has 0 aromatic carbocycles. The van der Waals surface area contributed by atoms with Crippen molar-refractivity contribution in [3.8, 4) is 0 Å². The van der Waals surface area contributed by atoms with Crippen molar-refractivity contribution in [1.82, 2.24) is 14.7 Å². The van der Waals surface area contributed by atoms with Gasteiger partial charge in [0.1, 0.15) is 6.54 Å². The highest BCUT2D eigenvalue weighted by Crippen LogP contribution is 2.30. The van der Waals surface area contributed by atoms with Gasteiger partial charge < -0.3 is 10.0 Å². The summed E-state index contributed by atoms with van der Waals surface area (Å²) in [6.45, 7) is 4.19. The number of likely N-dealkylation sites (tertiary alicyclic amines) is 1. The summed E-state index contributed by atoms with van der Waals surface area (Å²) >= 11 is 0. The molecule has 1 fully saturated rings. The monoisotopic (exact) mass is 389 g/mol. The second-order valence-electron chi connectivity index (χ2n) is 7.19. The summed E-state index contributed by atoms with van der Waals surface area (Å²) < 4.78 is 39.1. The molecule has 2 heterocycles. The Hall–Kier alpha value is -2.06. The molecule has 2 atom stereocenters. The summed E-state index contributed by atoms with van der Waals surface area (Å²) in [4.78, 5) is 25.7. The lowest BCUT2D eigenvalue weighted by atomic mass is 9.92. The molecule has 0 bridgehead atoms. The number of aromatic nitrogens is 2. The van der Waals surface area contributed by atoms with E-state index < -0.39 is 24.6 Å². The van der Waals surface area contributed by atoms with E-state index in [-0.39, 0.29) is 18.4 Å². The van der Waals surface area contributed by atoms with E-state index in [2.05, 4.69) is 5.10 Å². The zero-order valence-corrected chi connectivity index (χ0v) is 15.8. The quantitative estimate of drug-likeness (QED) is 0.809. The largest absolute Gasteiger partial charge is 0.481 e. The number of carboxylic acids is 1. The van der Waals surface area contributed by atoms with Crippen LogP contribution in [-0.4, -0.2) is 50.4 Å². The van der Waals surface area contributed by atoms with E-state index in [4.69, 9.17) is 5.11 Å². The van der Waals surface area contributed by atoms with Gasteiger partial charge in [-0.1, -0.05) is 0 Å². The average Bonchev–Trinajstić information content (AvgIpc) is 2.83. The fourth-order valence-corrected chi connectivity index (χ4v) is 3.91. The minimum absolute atomic E-state index is 0.00953. The summed E-state index contributed by atoms with van der Waals surface area (Å²) in [6, 6.07) is -0.143. The van der Waals surface area contributed by atoms with Crippen LogP contribution >= 0.6 is 0 Å². The van der Waals surface area contributed by atoms with Gasteiger partial charge in [-0.25, -0.2) is 0 Å². The molecule has 1 aromatic heterocycles. The minimum atomic E-state index is -4.39. The van der Waals surface area contributed by atoms with Gasteiger partial charge in [0.05, 0.1) is 11.6 Å². The Morgan fingerprint density at radius 1 is 1.30 bits per heavy atom. The van der Waals surface area contributed by atoms with Crippen molar-refractivity contribution in [3.05, 3.63) is 17.0 Å². The summed E-state index contributed by atoms with van der Waals surface area (Å²) in [7, 11) is 0. The molecule has 1 aliphatic heterocycles. The number of alkyl halides is 3. The Bertz CT molecular complexity index is 700. The third-order valence-corrected chi connectivity index (χ3v) is 5.17. The number of piperidine rings is 1. The van der Waals surface area contributed by atoms with Crippen LogP contribution in [0, 0.1) is 13.8 Å². The van der Waals surface area contributed by atoms with Crippen molar-refractivity contribution in [2.75, 3.05) is 6.54 Å². The van der Waals surface area contributed by atoms with Crippen molar-refractivity contribution < 1.29 is 27.9 Å². The van der Waals surface area contributed by atoms with Gasteiger partial charge in [0, 0.05) is 30.3 Å². The van der Waals surface area contributed by atoms with E-state index in [1.807, 2.05) is 0 Å². The second-order valence-corrected chi connectivity index (χ2v) is 7.19. The van der Waals surface area contributed by atoms with Gasteiger partial charge in [-0.05, 0) is 46.5 Å². The molecule has 2 unspecified atom stereocenters. The molecule has 9 heteroatoms. The third kappa shape index (κ3) is 5.23. The Labute approximate surface area is 156 Å². The van der Waals surface area contributed by atoms with Gasteiger partial charge in [-0.2, -0.15) is 18.3 Å². The van der Waals surface area contributed by atoms with Crippen LogP contribution in [0.2, 0.25) is 0 Å². The van der Waals surface area contributed by atoms with Crippen LogP contribution in [-0.2, 0) is 16.1 Å². The Kier molecular flexibility index (Phi) is 6.54. The third-order valence-electron chi connectivity index (χ3n) is 5.17. The van der Waals surface area contributed by atoms with Crippen molar-refractivity contribution in [1.29, 1.82) is 0 Å². The van der Waals surface area contributed by atoms with Crippen LogP contribution in [0.25, 0.3) is 0 Å². The zero-order chi connectivity index (χ0) is 20.4. The van der Waals surface area contributed by atoms with Gasteiger partial charge in [0.15, 0.2) is 0 Å². The lowest BCUT2D eigenvalue weighted by Gasteiger charge is -2.37. The summed E-state index contributed by atoms with van der Waals surface area (Å²) in [6.07, 6.45) is -1.49. The number of hydrogen-bond donors (Lipinski definition) is 1. The van der Waals surface area contributed by atoms with Crippen molar-refractivity contribution in [2.24, 2.45) is 0 Å². The smallest absolute Gasteiger partial charge is 0.408 e. The number of carbonyl (C=O) groups excluding carboxylic acids is 1. The number of amides is 1. The summed E-state index contributed by atoms with van der Waals surface area (Å²) in [5.74, 6) is -1.71. The maximum atomic E-state index is 13.1. The molecule has 1 aliphatic rings. The highest BCUT2D eigenvalue weighted by Gasteiger charge is 2.34. The minimum Gasteiger partial charge on any atom is -0.481 e. The van der Waals surface area contributed by atoms with Crippen molar-refractivity contribution >= 4 is 11.9 Å². The molecule has 0 aliphatic carbocycles. The number of nitrogens with zero attached hydrogens (tertiary/aromatic N) is 3. The molecule has 27 heavy (non-hydrogen) atoms. The van der Waals surface area contributed by atoms with Crippen molar-refractivity contribution in [2.45, 2.75) is 77.6 Å². The molecule has 1 saturated heterocycles. The first-order valence-electron chi connectivity index (χ1n) is 9.14. The Morgan fingerprint density at radius 2 is 1.96 bits per heavy atom. The number of hydrogen-bond acceptors (Lipinski definition) is 3. The highest BCUT2D eigenvalue weighted by molar-refractivity contribution is 5.84. The first kappa shape index (κ1) is 21.2. The maximum absolute atomic E-state index is 13.1. The molecule has 0 radical (unpaired) electrons. The standard InChI is InChI=1S/C18H26F3N3O3/c1-11(16-12(2)22-24(13(16)3)10-18(19,20)21)17(27)23-9-5-4-6-14(23)7-8-15(25)26/h11,14H,4-10H2,1-3H3,(H,25,26). The van der Waals surface area contributed by atoms with E-state index in [1.54, 1.807) is 25.7 Å². The molecule has 1 amide bonds. The van der Waals surface area contributed by atoms with Gasteiger partial charge in [0.25, 0.3) is 0 Å². The van der Waals surface area contributed by atoms with Crippen LogP contribution in [0.15, 0.2) is 0 Å². The van der Waals surface area contributed by atoms with E-state index >= 15 is 0 Å². The molecule has 152 valence electrons. The van der Waals surface area contributed by atoms with E-state index in [0.29, 0.717) is 29.9 Å². The van der Waals surface area contributed by atoms with Crippen LogP contribution in [0.1, 0.15) is 61.9 Å². The normalized spacial score (nSPS) is 19.2. The Morgan fingerprint density at radius 3 is 2.56 bits per heavy atom. The van der Waals surface area contributed by atoms with Crippen LogP contribution in [0.5, 0.6) is 0 Å². The van der Waals surface area contributed by atoms with Gasteiger partial charge in [-0.3, -0.25) is 14.3 Å². The lowest BCUT2D eigenvalue weighted by Crippen LogP contribution is -2.45. The predicted molar refractivity (Wildman–Crippen MR) is 92.4 cm³/mol. The van der Waals surface area contributed by atoms with Crippen LogP contribution in [0.3, 0.4) is 0 Å². The fraction of sp³-hybridized carbons (Fsp3) is 0.722. The number of halogens is 3. The zero-order valence-electron chi connectivity index (χ0n) is 15.8. The van der Waals surface area contributed by atoms with Crippen LogP contribution < -0.4 is 0 Å². The first-order valence-corrected chi connectivity index (χ1v) is 9.14. The van der Waals surface area contributed by atoms with Gasteiger partial charge in [0.2, 0.25) is 5.91 Å². The molecule has 0 spiro atoms. The van der Waals surface area contributed by atoms with Gasteiger partial charge >= 0.3 is 12.1 Å². The number of aliphatic carboxylic acids is 1. The maximum Gasteiger partial charge on any atom is 0.408 e. The molecular formula is C18H26F3N3O3. The number of rotatable bonds is 6. The highest BCUT2D eigenvalue weighted by atomic mass is 19.4. The summed E-state index contributed by atoms with van der Waals surface area (Å²) in [5.41, 5.74) is 1.27. The van der Waals surface area contributed by atoms with Gasteiger partial charge in [-0.15, -0.1) is 0 Å². The van der Waals surface area contributed by atoms with E-state index in [9.17, 15) is 22.8 Å². The topological polar surface area (TPSA) is 75.4 Å².